The number of carbonyl (C=O) groups is 1. The van der Waals surface area contributed by atoms with Gasteiger partial charge in [0, 0.05) is 11.4 Å². The van der Waals surface area contributed by atoms with Crippen LogP contribution in [0.1, 0.15) is 29.5 Å². The first-order valence-electron chi connectivity index (χ1n) is 8.17. The van der Waals surface area contributed by atoms with E-state index in [1.165, 1.54) is 7.11 Å². The Hall–Kier alpha value is -2.49. The van der Waals surface area contributed by atoms with Crippen LogP contribution in [0.2, 0.25) is 5.02 Å². The lowest BCUT2D eigenvalue weighted by atomic mass is 10.2. The van der Waals surface area contributed by atoms with Gasteiger partial charge in [0.05, 0.1) is 29.7 Å². The smallest absolute Gasteiger partial charge is 0.306 e. The molecule has 0 spiro atoms. The summed E-state index contributed by atoms with van der Waals surface area (Å²) >= 11 is 6.01. The molecule has 27 heavy (non-hydrogen) atoms. The zero-order valence-corrected chi connectivity index (χ0v) is 16.9. The first kappa shape index (κ1) is 20.8. The summed E-state index contributed by atoms with van der Waals surface area (Å²) < 4.78 is 32.6. The highest BCUT2D eigenvalue weighted by atomic mass is 35.5. The zero-order chi connectivity index (χ0) is 20.0. The minimum Gasteiger partial charge on any atom is -0.469 e. The van der Waals surface area contributed by atoms with Gasteiger partial charge in [0.1, 0.15) is 0 Å². The third-order valence-electron chi connectivity index (χ3n) is 3.64. The summed E-state index contributed by atoms with van der Waals surface area (Å²) in [4.78, 5) is 11.3. The summed E-state index contributed by atoms with van der Waals surface area (Å²) in [5.41, 5.74) is 2.47. The number of anilines is 1. The Labute approximate surface area is 164 Å². The molecule has 0 aliphatic heterocycles. The molecule has 0 aliphatic rings. The molecule has 0 aliphatic carbocycles. The van der Waals surface area contributed by atoms with Crippen molar-refractivity contribution >= 4 is 33.3 Å². The molecular formula is C20H20ClNO4S. The number of carbonyl (C=O) groups excluding carboxylic acids is 1. The molecule has 5 nitrogen and oxygen atoms in total. The van der Waals surface area contributed by atoms with Gasteiger partial charge in [0.25, 0.3) is 10.0 Å². The van der Waals surface area contributed by atoms with Gasteiger partial charge in [-0.2, -0.15) is 0 Å². The lowest BCUT2D eigenvalue weighted by Gasteiger charge is -2.11. The highest BCUT2D eigenvalue weighted by Crippen LogP contribution is 2.24. The van der Waals surface area contributed by atoms with E-state index in [0.717, 1.165) is 11.1 Å². The van der Waals surface area contributed by atoms with Crippen LogP contribution in [0, 0.1) is 25.7 Å². The van der Waals surface area contributed by atoms with E-state index in [1.54, 1.807) is 30.3 Å². The molecule has 0 saturated carbocycles. The molecule has 0 atom stereocenters. The first-order valence-corrected chi connectivity index (χ1v) is 10.0. The molecular weight excluding hydrogens is 386 g/mol. The number of rotatable bonds is 5. The van der Waals surface area contributed by atoms with Crippen molar-refractivity contribution < 1.29 is 17.9 Å². The molecule has 0 radical (unpaired) electrons. The molecule has 142 valence electrons. The number of ether oxygens (including phenoxy) is 1. The van der Waals surface area contributed by atoms with E-state index >= 15 is 0 Å². The highest BCUT2D eigenvalue weighted by Gasteiger charge is 2.16. The number of aryl methyl sites for hydroxylation is 2. The first-order chi connectivity index (χ1) is 12.7. The van der Waals surface area contributed by atoms with E-state index in [9.17, 15) is 13.2 Å². The fraction of sp³-hybridized carbons (Fsp3) is 0.250. The number of hydrogen-bond donors (Lipinski definition) is 1. The molecule has 0 unspecified atom stereocenters. The second-order valence-electron chi connectivity index (χ2n) is 6.00. The lowest BCUT2D eigenvalue weighted by molar-refractivity contribution is -0.140. The van der Waals surface area contributed by atoms with Gasteiger partial charge in [0.15, 0.2) is 0 Å². The Kier molecular flexibility index (Phi) is 6.89. The number of benzene rings is 2. The predicted octanol–water partition coefficient (Wildman–Crippen LogP) is 4.06. The molecule has 0 heterocycles. The van der Waals surface area contributed by atoms with Crippen molar-refractivity contribution in [1.82, 2.24) is 0 Å². The number of sulfonamides is 1. The molecule has 2 aromatic rings. The van der Waals surface area contributed by atoms with E-state index in [2.05, 4.69) is 21.3 Å². The Morgan fingerprint density at radius 1 is 1.15 bits per heavy atom. The van der Waals surface area contributed by atoms with Crippen molar-refractivity contribution in [2.75, 3.05) is 11.8 Å². The summed E-state index contributed by atoms with van der Waals surface area (Å²) in [5.74, 6) is 5.34. The maximum absolute atomic E-state index is 12.7. The molecule has 2 aromatic carbocycles. The average molecular weight is 406 g/mol. The average Bonchev–Trinajstić information content (AvgIpc) is 2.59. The van der Waals surface area contributed by atoms with Crippen molar-refractivity contribution in [3.8, 4) is 11.8 Å². The zero-order valence-electron chi connectivity index (χ0n) is 15.3. The molecule has 7 heteroatoms. The van der Waals surface area contributed by atoms with E-state index in [4.69, 9.17) is 11.6 Å². The number of hydrogen-bond acceptors (Lipinski definition) is 4. The number of esters is 1. The number of halogens is 1. The Morgan fingerprint density at radius 3 is 2.44 bits per heavy atom. The highest BCUT2D eigenvalue weighted by molar-refractivity contribution is 7.92. The van der Waals surface area contributed by atoms with E-state index in [-0.39, 0.29) is 17.3 Å². The van der Waals surface area contributed by atoms with Gasteiger partial charge in [-0.1, -0.05) is 29.5 Å². The third kappa shape index (κ3) is 6.02. The fourth-order valence-corrected chi connectivity index (χ4v) is 3.86. The maximum atomic E-state index is 12.7. The number of nitrogens with one attached hydrogen (secondary N) is 1. The summed E-state index contributed by atoms with van der Waals surface area (Å²) in [5, 5.41) is 0.432. The van der Waals surface area contributed by atoms with Crippen LogP contribution in [0.15, 0.2) is 41.3 Å². The van der Waals surface area contributed by atoms with Crippen molar-refractivity contribution in [3.05, 3.63) is 58.1 Å². The van der Waals surface area contributed by atoms with Crippen LogP contribution < -0.4 is 4.72 Å². The van der Waals surface area contributed by atoms with Crippen molar-refractivity contribution in [2.24, 2.45) is 0 Å². The third-order valence-corrected chi connectivity index (χ3v) is 5.22. The minimum absolute atomic E-state index is 0.160. The van der Waals surface area contributed by atoms with Crippen LogP contribution in [0.4, 0.5) is 5.69 Å². The standard InChI is InChI=1S/C20H20ClNO4S/c1-14-10-15(2)12-18(11-14)27(24,25)22-19-9-8-17(21)13-16(19)6-4-5-7-20(23)26-3/h8-13,22H,5,7H2,1-3H3. The largest absolute Gasteiger partial charge is 0.469 e. The molecule has 0 saturated heterocycles. The SMILES string of the molecule is COC(=O)CCC#Cc1cc(Cl)ccc1NS(=O)(=O)c1cc(C)cc(C)c1. The van der Waals surface area contributed by atoms with Crippen LogP contribution in [0.5, 0.6) is 0 Å². The number of methoxy groups -OCH3 is 1. The quantitative estimate of drug-likeness (QED) is 0.601. The van der Waals surface area contributed by atoms with Gasteiger partial charge in [-0.05, 0) is 55.3 Å². The van der Waals surface area contributed by atoms with Crippen LogP contribution in [-0.2, 0) is 19.6 Å². The van der Waals surface area contributed by atoms with Crippen molar-refractivity contribution in [1.29, 1.82) is 0 Å². The van der Waals surface area contributed by atoms with Gasteiger partial charge in [-0.25, -0.2) is 8.42 Å². The van der Waals surface area contributed by atoms with Crippen LogP contribution in [0.25, 0.3) is 0 Å². The molecule has 0 aromatic heterocycles. The van der Waals surface area contributed by atoms with Gasteiger partial charge in [-0.15, -0.1) is 0 Å². The van der Waals surface area contributed by atoms with E-state index in [1.807, 2.05) is 19.9 Å². The maximum Gasteiger partial charge on any atom is 0.306 e. The Bertz CT molecular complexity index is 1000. The minimum atomic E-state index is -3.78. The molecule has 0 bridgehead atoms. The predicted molar refractivity (Wildman–Crippen MR) is 106 cm³/mol. The van der Waals surface area contributed by atoms with Crippen molar-refractivity contribution in [2.45, 2.75) is 31.6 Å². The lowest BCUT2D eigenvalue weighted by Crippen LogP contribution is -2.14. The Balaban J connectivity index is 2.30. The molecule has 2 rings (SSSR count). The monoisotopic (exact) mass is 405 g/mol. The molecule has 0 amide bonds. The van der Waals surface area contributed by atoms with Crippen LogP contribution >= 0.6 is 11.6 Å². The summed E-state index contributed by atoms with van der Waals surface area (Å²) in [6.45, 7) is 3.68. The Morgan fingerprint density at radius 2 is 1.81 bits per heavy atom. The molecule has 0 fully saturated rings. The van der Waals surface area contributed by atoms with Crippen LogP contribution in [0.3, 0.4) is 0 Å². The van der Waals surface area contributed by atoms with Gasteiger partial charge in [0.2, 0.25) is 0 Å². The summed E-state index contributed by atoms with van der Waals surface area (Å²) in [6.07, 6.45) is 0.455. The van der Waals surface area contributed by atoms with Crippen molar-refractivity contribution in [3.63, 3.8) is 0 Å². The second kappa shape index (κ2) is 8.94. The summed E-state index contributed by atoms with van der Waals surface area (Å²) in [7, 11) is -2.46. The topological polar surface area (TPSA) is 72.5 Å². The second-order valence-corrected chi connectivity index (χ2v) is 8.12. The molecule has 1 N–H and O–H groups in total. The normalized spacial score (nSPS) is 10.7. The van der Waals surface area contributed by atoms with E-state index in [0.29, 0.717) is 22.7 Å². The fourth-order valence-electron chi connectivity index (χ4n) is 2.42. The van der Waals surface area contributed by atoms with Gasteiger partial charge >= 0.3 is 5.97 Å². The van der Waals surface area contributed by atoms with Gasteiger partial charge in [-0.3, -0.25) is 9.52 Å². The van der Waals surface area contributed by atoms with Crippen LogP contribution in [-0.4, -0.2) is 21.5 Å². The van der Waals surface area contributed by atoms with E-state index < -0.39 is 10.0 Å². The van der Waals surface area contributed by atoms with Gasteiger partial charge < -0.3 is 4.74 Å². The summed E-state index contributed by atoms with van der Waals surface area (Å²) in [6, 6.07) is 9.83.